The van der Waals surface area contributed by atoms with Gasteiger partial charge >= 0.3 is 6.18 Å². The first-order valence-corrected chi connectivity index (χ1v) is 9.42. The van der Waals surface area contributed by atoms with Gasteiger partial charge in [-0.15, -0.1) is 0 Å². The topological polar surface area (TPSA) is 113 Å². The van der Waals surface area contributed by atoms with Gasteiger partial charge in [0.05, 0.1) is 17.2 Å². The lowest BCUT2D eigenvalue weighted by molar-refractivity contribution is -0.249. The first-order valence-electron chi connectivity index (χ1n) is 9.04. The van der Waals surface area contributed by atoms with Crippen LogP contribution in [0.25, 0.3) is 0 Å². The lowest BCUT2D eigenvalue weighted by Gasteiger charge is -2.41. The number of nitrogens with two attached hydrogens (primary N) is 1. The van der Waals surface area contributed by atoms with E-state index < -0.39 is 41.5 Å². The van der Waals surface area contributed by atoms with E-state index in [1.54, 1.807) is 0 Å². The van der Waals surface area contributed by atoms with Crippen molar-refractivity contribution in [2.24, 2.45) is 10.7 Å². The number of halogens is 5. The molecule has 2 unspecified atom stereocenters. The highest BCUT2D eigenvalue weighted by Crippen LogP contribution is 2.41. The van der Waals surface area contributed by atoms with Crippen molar-refractivity contribution in [3.8, 4) is 6.07 Å². The zero-order valence-corrected chi connectivity index (χ0v) is 17.5. The van der Waals surface area contributed by atoms with Crippen molar-refractivity contribution in [3.05, 3.63) is 58.1 Å². The monoisotopic (exact) mass is 469 g/mol. The van der Waals surface area contributed by atoms with Gasteiger partial charge in [-0.2, -0.15) is 18.4 Å². The van der Waals surface area contributed by atoms with Gasteiger partial charge in [-0.25, -0.2) is 9.37 Å². The van der Waals surface area contributed by atoms with Crippen LogP contribution in [-0.2, 0) is 10.3 Å². The summed E-state index contributed by atoms with van der Waals surface area (Å²) in [6.45, 7) is 1.49. The fourth-order valence-corrected chi connectivity index (χ4v) is 3.25. The highest BCUT2D eigenvalue weighted by molar-refractivity contribution is 6.34. The molecule has 1 aliphatic heterocycles. The Labute approximate surface area is 184 Å². The third-order valence-corrected chi connectivity index (χ3v) is 5.32. The fraction of sp³-hybridized carbons (Fsp3) is 0.300. The van der Waals surface area contributed by atoms with Crippen molar-refractivity contribution >= 4 is 29.0 Å². The predicted octanol–water partition coefficient (Wildman–Crippen LogP) is 3.92. The van der Waals surface area contributed by atoms with Gasteiger partial charge < -0.3 is 15.8 Å². The average Bonchev–Trinajstić information content (AvgIpc) is 2.71. The molecule has 0 saturated heterocycles. The van der Waals surface area contributed by atoms with Crippen molar-refractivity contribution < 1.29 is 27.1 Å². The van der Waals surface area contributed by atoms with Crippen LogP contribution in [0.3, 0.4) is 0 Å². The molecule has 12 heteroatoms. The molecular weight excluding hydrogens is 454 g/mol. The molecule has 0 spiro atoms. The van der Waals surface area contributed by atoms with Gasteiger partial charge in [0.25, 0.3) is 5.91 Å². The Balaban J connectivity index is 1.93. The number of hydrogen-bond acceptors (Lipinski definition) is 6. The SMILES string of the molecule is CC1(c2cc(NC(=O)c3ncc(C#N)cc3Cl)ccc2F)COC(C)(C(F)(F)F)C(N)=N1. The van der Waals surface area contributed by atoms with Gasteiger partial charge in [-0.3, -0.25) is 9.79 Å². The maximum absolute atomic E-state index is 14.6. The molecule has 32 heavy (non-hydrogen) atoms. The van der Waals surface area contributed by atoms with Crippen molar-refractivity contribution in [2.75, 3.05) is 11.9 Å². The number of carbonyl (C=O) groups excluding carboxylic acids is 1. The Bertz CT molecular complexity index is 1160. The summed E-state index contributed by atoms with van der Waals surface area (Å²) in [6, 6.07) is 6.57. The second-order valence-corrected chi connectivity index (χ2v) is 7.81. The molecule has 0 fully saturated rings. The molecule has 2 heterocycles. The van der Waals surface area contributed by atoms with E-state index in [1.165, 1.54) is 25.1 Å². The lowest BCUT2D eigenvalue weighted by atomic mass is 9.89. The van der Waals surface area contributed by atoms with Crippen molar-refractivity contribution in [2.45, 2.75) is 31.2 Å². The van der Waals surface area contributed by atoms with Gasteiger partial charge in [0.15, 0.2) is 0 Å². The molecule has 2 aromatic rings. The number of ether oxygens (including phenoxy) is 1. The van der Waals surface area contributed by atoms with Gasteiger partial charge in [0, 0.05) is 17.4 Å². The summed E-state index contributed by atoms with van der Waals surface area (Å²) in [5.41, 5.74) is 1.13. The standard InChI is InChI=1S/C20H16ClF4N5O2/c1-18(9-32-19(2,17(27)30-18)20(23,24)25)12-6-11(3-4-14(12)22)29-16(31)15-13(21)5-10(7-26)8-28-15/h3-6,8H,9H2,1-2H3,(H2,27,30)(H,29,31). The number of hydrogen-bond donors (Lipinski definition) is 2. The van der Waals surface area contributed by atoms with Crippen LogP contribution >= 0.6 is 11.6 Å². The zero-order valence-electron chi connectivity index (χ0n) is 16.7. The third kappa shape index (κ3) is 4.11. The summed E-state index contributed by atoms with van der Waals surface area (Å²) >= 11 is 5.97. The number of nitrogens with one attached hydrogen (secondary N) is 1. The number of benzene rings is 1. The number of pyridine rings is 1. The summed E-state index contributed by atoms with van der Waals surface area (Å²) in [6.07, 6.45) is -3.66. The molecule has 7 nitrogen and oxygen atoms in total. The number of amides is 1. The van der Waals surface area contributed by atoms with Crippen LogP contribution in [0.15, 0.2) is 35.5 Å². The number of alkyl halides is 3. The Kier molecular flexibility index (Phi) is 5.88. The summed E-state index contributed by atoms with van der Waals surface area (Å²) in [5, 5.41) is 11.3. The molecule has 3 N–H and O–H groups in total. The molecule has 0 radical (unpaired) electrons. The maximum Gasteiger partial charge on any atom is 0.424 e. The summed E-state index contributed by atoms with van der Waals surface area (Å²) < 4.78 is 59.6. The van der Waals surface area contributed by atoms with Crippen molar-refractivity contribution in [1.82, 2.24) is 4.98 Å². The van der Waals surface area contributed by atoms with Gasteiger partial charge in [0.2, 0.25) is 5.60 Å². The number of rotatable bonds is 3. The number of nitrogens with zero attached hydrogens (tertiary/aromatic N) is 3. The Morgan fingerprint density at radius 3 is 2.59 bits per heavy atom. The molecule has 0 bridgehead atoms. The number of amidine groups is 1. The van der Waals surface area contributed by atoms with Gasteiger partial charge in [-0.1, -0.05) is 11.6 Å². The van der Waals surface area contributed by atoms with E-state index >= 15 is 0 Å². The van der Waals surface area contributed by atoms with Crippen LogP contribution in [0.1, 0.15) is 35.5 Å². The van der Waals surface area contributed by atoms with Crippen LogP contribution in [0.2, 0.25) is 5.02 Å². The van der Waals surface area contributed by atoms with Crippen LogP contribution in [0.4, 0.5) is 23.2 Å². The van der Waals surface area contributed by atoms with Crippen molar-refractivity contribution in [3.63, 3.8) is 0 Å². The second-order valence-electron chi connectivity index (χ2n) is 7.41. The fourth-order valence-electron chi connectivity index (χ4n) is 3.00. The zero-order chi connectivity index (χ0) is 23.9. The number of aliphatic imine (C=N–C) groups is 1. The Hall–Kier alpha value is -3.23. The maximum atomic E-state index is 14.6. The molecule has 1 aliphatic rings. The predicted molar refractivity (Wildman–Crippen MR) is 108 cm³/mol. The molecular formula is C20H16ClF4N5O2. The second kappa shape index (κ2) is 8.03. The van der Waals surface area contributed by atoms with Crippen molar-refractivity contribution in [1.29, 1.82) is 5.26 Å². The van der Waals surface area contributed by atoms with Crippen LogP contribution in [-0.4, -0.2) is 35.1 Å². The van der Waals surface area contributed by atoms with E-state index in [9.17, 15) is 22.4 Å². The van der Waals surface area contributed by atoms with Gasteiger partial charge in [0.1, 0.15) is 29.0 Å². The Morgan fingerprint density at radius 2 is 2.03 bits per heavy atom. The minimum atomic E-state index is -4.82. The smallest absolute Gasteiger partial charge is 0.385 e. The average molecular weight is 470 g/mol. The first-order chi connectivity index (χ1) is 14.8. The summed E-state index contributed by atoms with van der Waals surface area (Å²) in [4.78, 5) is 20.2. The molecule has 168 valence electrons. The van der Waals surface area contributed by atoms with Crippen LogP contribution < -0.4 is 11.1 Å². The largest absolute Gasteiger partial charge is 0.424 e. The van der Waals surface area contributed by atoms with Crippen LogP contribution in [0.5, 0.6) is 0 Å². The first kappa shape index (κ1) is 23.4. The minimum absolute atomic E-state index is 0.0691. The minimum Gasteiger partial charge on any atom is -0.385 e. The van der Waals surface area contributed by atoms with Gasteiger partial charge in [-0.05, 0) is 38.1 Å². The molecule has 0 aliphatic carbocycles. The summed E-state index contributed by atoms with van der Waals surface area (Å²) in [5.74, 6) is -2.37. The number of nitriles is 1. The molecule has 1 aromatic carbocycles. The van der Waals surface area contributed by atoms with E-state index in [0.717, 1.165) is 19.2 Å². The van der Waals surface area contributed by atoms with E-state index in [2.05, 4.69) is 15.3 Å². The lowest BCUT2D eigenvalue weighted by Crippen LogP contribution is -2.60. The number of aromatic nitrogens is 1. The van der Waals surface area contributed by atoms with E-state index in [1.807, 2.05) is 6.07 Å². The van der Waals surface area contributed by atoms with E-state index in [-0.39, 0.29) is 27.5 Å². The molecule has 2 atom stereocenters. The number of carbonyl (C=O) groups is 1. The molecule has 1 aromatic heterocycles. The number of anilines is 1. The highest BCUT2D eigenvalue weighted by Gasteiger charge is 2.59. The highest BCUT2D eigenvalue weighted by atomic mass is 35.5. The van der Waals surface area contributed by atoms with E-state index in [4.69, 9.17) is 27.3 Å². The third-order valence-electron chi connectivity index (χ3n) is 5.03. The van der Waals surface area contributed by atoms with Crippen LogP contribution in [0, 0.1) is 17.1 Å². The normalized spacial score (nSPS) is 23.2. The molecule has 0 saturated carbocycles. The van der Waals surface area contributed by atoms with E-state index in [0.29, 0.717) is 0 Å². The molecule has 3 rings (SSSR count). The molecule has 1 amide bonds. The quantitative estimate of drug-likeness (QED) is 0.661. The Morgan fingerprint density at radius 1 is 1.34 bits per heavy atom. The summed E-state index contributed by atoms with van der Waals surface area (Å²) in [7, 11) is 0.